The first-order valence-electron chi connectivity index (χ1n) is 8.04. The molecular formula is C18H19N5O3. The topological polar surface area (TPSA) is 82.4 Å². The summed E-state index contributed by atoms with van der Waals surface area (Å²) >= 11 is 0. The quantitative estimate of drug-likeness (QED) is 0.644. The molecule has 0 aliphatic heterocycles. The van der Waals surface area contributed by atoms with Gasteiger partial charge in [-0.2, -0.15) is 4.68 Å². The summed E-state index contributed by atoms with van der Waals surface area (Å²) in [6, 6.07) is 14.5. The van der Waals surface area contributed by atoms with Gasteiger partial charge in [-0.05, 0) is 46.8 Å². The minimum absolute atomic E-state index is 0.130. The second-order valence-corrected chi connectivity index (χ2v) is 5.52. The number of nitrogens with zero attached hydrogens (tertiary/aromatic N) is 5. The summed E-state index contributed by atoms with van der Waals surface area (Å²) < 4.78 is 12.3. The second kappa shape index (κ2) is 8.11. The van der Waals surface area contributed by atoms with Crippen LogP contribution in [0.15, 0.2) is 54.9 Å². The van der Waals surface area contributed by atoms with Crippen LogP contribution in [0.4, 0.5) is 0 Å². The molecule has 1 heterocycles. The van der Waals surface area contributed by atoms with Crippen molar-refractivity contribution in [1.82, 2.24) is 25.1 Å². The van der Waals surface area contributed by atoms with E-state index in [2.05, 4.69) is 15.5 Å². The first-order chi connectivity index (χ1) is 12.7. The zero-order chi connectivity index (χ0) is 18.4. The van der Waals surface area contributed by atoms with E-state index in [1.165, 1.54) is 11.0 Å². The Labute approximate surface area is 151 Å². The van der Waals surface area contributed by atoms with Crippen LogP contribution in [-0.4, -0.2) is 58.3 Å². The number of hydrogen-bond donors (Lipinski definition) is 0. The van der Waals surface area contributed by atoms with Gasteiger partial charge in [0.05, 0.1) is 24.9 Å². The summed E-state index contributed by atoms with van der Waals surface area (Å²) in [6.45, 7) is 0.816. The van der Waals surface area contributed by atoms with Crippen LogP contribution in [0, 0.1) is 0 Å². The van der Waals surface area contributed by atoms with Crippen LogP contribution in [-0.2, 0) is 0 Å². The van der Waals surface area contributed by atoms with Gasteiger partial charge in [-0.1, -0.05) is 12.1 Å². The number of ether oxygens (including phenoxy) is 2. The van der Waals surface area contributed by atoms with Crippen LogP contribution in [0.5, 0.6) is 11.5 Å². The highest BCUT2D eigenvalue weighted by Crippen LogP contribution is 2.17. The van der Waals surface area contributed by atoms with Crippen LogP contribution >= 0.6 is 0 Å². The molecule has 134 valence electrons. The van der Waals surface area contributed by atoms with Crippen molar-refractivity contribution in [1.29, 1.82) is 0 Å². The smallest absolute Gasteiger partial charge is 0.255 e. The monoisotopic (exact) mass is 353 g/mol. The highest BCUT2D eigenvalue weighted by Gasteiger charge is 2.17. The molecule has 0 aliphatic carbocycles. The number of para-hydroxylation sites is 1. The summed E-state index contributed by atoms with van der Waals surface area (Å²) in [4.78, 5) is 14.4. The predicted octanol–water partition coefficient (Wildman–Crippen LogP) is 1.82. The van der Waals surface area contributed by atoms with Crippen molar-refractivity contribution in [2.45, 2.75) is 0 Å². The third-order valence-corrected chi connectivity index (χ3v) is 3.83. The normalized spacial score (nSPS) is 10.4. The Bertz CT molecular complexity index is 850. The van der Waals surface area contributed by atoms with E-state index in [1.807, 2.05) is 36.4 Å². The maximum absolute atomic E-state index is 12.8. The van der Waals surface area contributed by atoms with Crippen molar-refractivity contribution in [3.63, 3.8) is 0 Å². The van der Waals surface area contributed by atoms with Crippen LogP contribution in [0.3, 0.4) is 0 Å². The Morgan fingerprint density at radius 2 is 1.85 bits per heavy atom. The molecule has 0 aliphatic rings. The average molecular weight is 353 g/mol. The molecule has 8 nitrogen and oxygen atoms in total. The van der Waals surface area contributed by atoms with Crippen molar-refractivity contribution < 1.29 is 14.3 Å². The molecule has 1 aromatic heterocycles. The lowest BCUT2D eigenvalue weighted by Gasteiger charge is -2.19. The highest BCUT2D eigenvalue weighted by molar-refractivity contribution is 5.97. The van der Waals surface area contributed by atoms with Gasteiger partial charge in [-0.3, -0.25) is 4.79 Å². The van der Waals surface area contributed by atoms with E-state index in [0.717, 1.165) is 11.5 Å². The Hall–Kier alpha value is -3.42. The zero-order valence-corrected chi connectivity index (χ0v) is 14.6. The summed E-state index contributed by atoms with van der Waals surface area (Å²) in [6.07, 6.45) is 1.46. The van der Waals surface area contributed by atoms with Crippen molar-refractivity contribution in [3.8, 4) is 17.2 Å². The molecule has 0 N–H and O–H groups in total. The zero-order valence-electron chi connectivity index (χ0n) is 14.6. The standard InChI is InChI=1S/C18H19N5O3/c1-22(11-12-26-15-9-7-14(25-2)8-10-15)18(24)16-5-3-4-6-17(16)23-13-19-20-21-23/h3-10,13H,11-12H2,1-2H3. The minimum Gasteiger partial charge on any atom is -0.497 e. The molecule has 26 heavy (non-hydrogen) atoms. The van der Waals surface area contributed by atoms with Gasteiger partial charge < -0.3 is 14.4 Å². The van der Waals surface area contributed by atoms with Gasteiger partial charge in [0.15, 0.2) is 0 Å². The van der Waals surface area contributed by atoms with Gasteiger partial charge in [-0.15, -0.1) is 5.10 Å². The Balaban J connectivity index is 1.61. The number of hydrogen-bond acceptors (Lipinski definition) is 6. The largest absolute Gasteiger partial charge is 0.497 e. The first-order valence-corrected chi connectivity index (χ1v) is 8.04. The number of amides is 1. The lowest BCUT2D eigenvalue weighted by molar-refractivity contribution is 0.0773. The number of carbonyl (C=O) groups is 1. The molecular weight excluding hydrogens is 334 g/mol. The van der Waals surface area contributed by atoms with Gasteiger partial charge >= 0.3 is 0 Å². The van der Waals surface area contributed by atoms with Crippen molar-refractivity contribution >= 4 is 5.91 Å². The fourth-order valence-corrected chi connectivity index (χ4v) is 2.41. The lowest BCUT2D eigenvalue weighted by atomic mass is 10.1. The molecule has 0 unspecified atom stereocenters. The number of tetrazole rings is 1. The van der Waals surface area contributed by atoms with E-state index < -0.39 is 0 Å². The van der Waals surface area contributed by atoms with Gasteiger partial charge in [0.2, 0.25) is 0 Å². The van der Waals surface area contributed by atoms with Gasteiger partial charge in [0.25, 0.3) is 5.91 Å². The molecule has 1 amide bonds. The molecule has 0 saturated carbocycles. The van der Waals surface area contributed by atoms with E-state index in [0.29, 0.717) is 24.4 Å². The predicted molar refractivity (Wildman–Crippen MR) is 94.6 cm³/mol. The third-order valence-electron chi connectivity index (χ3n) is 3.83. The van der Waals surface area contributed by atoms with Gasteiger partial charge in [-0.25, -0.2) is 0 Å². The molecule has 0 bridgehead atoms. The molecule has 0 radical (unpaired) electrons. The Morgan fingerprint density at radius 3 is 2.54 bits per heavy atom. The van der Waals surface area contributed by atoms with E-state index in [4.69, 9.17) is 9.47 Å². The van der Waals surface area contributed by atoms with Gasteiger partial charge in [0.1, 0.15) is 24.4 Å². The van der Waals surface area contributed by atoms with Crippen LogP contribution in [0.2, 0.25) is 0 Å². The number of methoxy groups -OCH3 is 1. The fraction of sp³-hybridized carbons (Fsp3) is 0.222. The Morgan fingerprint density at radius 1 is 1.12 bits per heavy atom. The average Bonchev–Trinajstić information content (AvgIpc) is 3.22. The number of carbonyl (C=O) groups excluding carboxylic acids is 1. The van der Waals surface area contributed by atoms with Crippen LogP contribution < -0.4 is 9.47 Å². The highest BCUT2D eigenvalue weighted by atomic mass is 16.5. The number of likely N-dealkylation sites (N-methyl/N-ethyl adjacent to an activating group) is 1. The molecule has 0 spiro atoms. The van der Waals surface area contributed by atoms with Crippen LogP contribution in [0.1, 0.15) is 10.4 Å². The van der Waals surface area contributed by atoms with E-state index in [1.54, 1.807) is 31.2 Å². The van der Waals surface area contributed by atoms with E-state index in [-0.39, 0.29) is 5.91 Å². The number of benzene rings is 2. The number of rotatable bonds is 7. The molecule has 3 aromatic rings. The molecule has 0 fully saturated rings. The SMILES string of the molecule is COc1ccc(OCCN(C)C(=O)c2ccccc2-n2cnnn2)cc1. The van der Waals surface area contributed by atoms with Crippen molar-refractivity contribution in [3.05, 3.63) is 60.4 Å². The van der Waals surface area contributed by atoms with E-state index in [9.17, 15) is 4.79 Å². The number of aromatic nitrogens is 4. The Kier molecular flexibility index (Phi) is 5.43. The maximum atomic E-state index is 12.8. The summed E-state index contributed by atoms with van der Waals surface area (Å²) in [5.74, 6) is 1.36. The molecule has 8 heteroatoms. The summed E-state index contributed by atoms with van der Waals surface area (Å²) in [7, 11) is 3.35. The molecule has 3 rings (SSSR count). The van der Waals surface area contributed by atoms with Crippen molar-refractivity contribution in [2.75, 3.05) is 27.3 Å². The fourth-order valence-electron chi connectivity index (χ4n) is 2.41. The van der Waals surface area contributed by atoms with E-state index >= 15 is 0 Å². The summed E-state index contributed by atoms with van der Waals surface area (Å²) in [5.41, 5.74) is 1.15. The molecule has 2 aromatic carbocycles. The van der Waals surface area contributed by atoms with Crippen molar-refractivity contribution in [2.24, 2.45) is 0 Å². The molecule has 0 atom stereocenters. The maximum Gasteiger partial charge on any atom is 0.255 e. The van der Waals surface area contributed by atoms with Crippen LogP contribution in [0.25, 0.3) is 5.69 Å². The summed E-state index contributed by atoms with van der Waals surface area (Å²) in [5, 5.41) is 11.1. The molecule has 0 saturated heterocycles. The first kappa shape index (κ1) is 17.4. The minimum atomic E-state index is -0.130. The van der Waals surface area contributed by atoms with Gasteiger partial charge in [0, 0.05) is 7.05 Å². The third kappa shape index (κ3) is 3.97. The lowest BCUT2D eigenvalue weighted by Crippen LogP contribution is -2.31. The second-order valence-electron chi connectivity index (χ2n) is 5.52.